The van der Waals surface area contributed by atoms with Crippen molar-refractivity contribution in [1.29, 1.82) is 0 Å². The predicted octanol–water partition coefficient (Wildman–Crippen LogP) is -0.817. The van der Waals surface area contributed by atoms with Crippen LogP contribution in [0.15, 0.2) is 21.9 Å². The Balaban J connectivity index is 2.29. The molecule has 1 aliphatic heterocycles. The molecule has 0 bridgehead atoms. The maximum absolute atomic E-state index is 12.1. The van der Waals surface area contributed by atoms with Crippen LogP contribution in [0.1, 0.15) is 26.5 Å². The Hall–Kier alpha value is -1.34. The summed E-state index contributed by atoms with van der Waals surface area (Å²) in [5, 5.41) is 0. The lowest BCUT2D eigenvalue weighted by molar-refractivity contribution is -0.0791. The lowest BCUT2D eigenvalue weighted by atomic mass is 10.1. The van der Waals surface area contributed by atoms with Crippen LogP contribution in [0, 0.1) is 0 Å². The minimum atomic E-state index is -4.74. The van der Waals surface area contributed by atoms with Gasteiger partial charge in [0.05, 0.1) is 18.0 Å². The summed E-state index contributed by atoms with van der Waals surface area (Å²) in [4.78, 5) is 43.4. The van der Waals surface area contributed by atoms with Crippen LogP contribution in [0.3, 0.4) is 0 Å². The molecule has 0 saturated carbocycles. The number of aromatic amines is 1. The summed E-state index contributed by atoms with van der Waals surface area (Å²) in [6.07, 6.45) is -2.56. The Kier molecular flexibility index (Phi) is 7.60. The van der Waals surface area contributed by atoms with Crippen molar-refractivity contribution in [2.24, 2.45) is 0 Å². The Bertz CT molecular complexity index is 966. The van der Waals surface area contributed by atoms with Crippen LogP contribution in [-0.4, -0.2) is 70.5 Å². The van der Waals surface area contributed by atoms with Crippen LogP contribution < -0.4 is 11.2 Å². The molecule has 1 saturated heterocycles. The van der Waals surface area contributed by atoms with Crippen LogP contribution >= 0.6 is 7.60 Å². The average molecular weight is 456 g/mol. The van der Waals surface area contributed by atoms with Crippen LogP contribution in [-0.2, 0) is 28.6 Å². The van der Waals surface area contributed by atoms with Crippen LogP contribution in [0.5, 0.6) is 0 Å². The van der Waals surface area contributed by atoms with E-state index < -0.39 is 64.5 Å². The second kappa shape index (κ2) is 9.21. The Morgan fingerprint density at radius 1 is 1.31 bits per heavy atom. The molecule has 3 N–H and O–H groups in total. The van der Waals surface area contributed by atoms with Gasteiger partial charge in [0.2, 0.25) is 0 Å². The molecule has 0 aromatic carbocycles. The van der Waals surface area contributed by atoms with Gasteiger partial charge in [-0.1, -0.05) is 0 Å². The Morgan fingerprint density at radius 3 is 2.48 bits per heavy atom. The van der Waals surface area contributed by atoms with E-state index in [1.807, 2.05) is 0 Å². The number of ether oxygens (including phenoxy) is 3. The smallest absolute Gasteiger partial charge is 0.340 e. The molecule has 2 rings (SSSR count). The van der Waals surface area contributed by atoms with Gasteiger partial charge in [-0.3, -0.25) is 18.9 Å². The van der Waals surface area contributed by atoms with Crippen LogP contribution in [0.4, 0.5) is 0 Å². The molecule has 0 aliphatic carbocycles. The van der Waals surface area contributed by atoms with Crippen molar-refractivity contribution < 1.29 is 37.0 Å². The average Bonchev–Trinajstić information content (AvgIpc) is 2.87. The van der Waals surface area contributed by atoms with E-state index >= 15 is 0 Å². The molecular weight excluding hydrogens is 431 g/mol. The standard InChI is InChI=1S/C15H25N2O10PS/c1-9(2)26-12-10(5-7-29(23,24)8-28(20,21)22)27-14(13(12)25-3)17-6-4-11(18)16-15(17)19/h4,6,9-10,12-14H,5,7-8H2,1-3H3,(H,16,18,19)(H2,20,21,22)/t10-,12-,13-,14-/m1/s1. The summed E-state index contributed by atoms with van der Waals surface area (Å²) in [7, 11) is -7.42. The number of H-pyrrole nitrogens is 1. The van der Waals surface area contributed by atoms with E-state index in [4.69, 9.17) is 24.0 Å². The summed E-state index contributed by atoms with van der Waals surface area (Å²) in [5.74, 6) is -0.551. The molecular formula is C15H25N2O10PS. The van der Waals surface area contributed by atoms with E-state index in [0.29, 0.717) is 0 Å². The zero-order valence-corrected chi connectivity index (χ0v) is 17.8. The van der Waals surface area contributed by atoms with Crippen molar-refractivity contribution in [2.45, 2.75) is 50.9 Å². The van der Waals surface area contributed by atoms with Crippen molar-refractivity contribution in [1.82, 2.24) is 9.55 Å². The molecule has 29 heavy (non-hydrogen) atoms. The van der Waals surface area contributed by atoms with E-state index in [0.717, 1.165) is 10.6 Å². The molecule has 2 heterocycles. The summed E-state index contributed by atoms with van der Waals surface area (Å²) in [6.45, 7) is 3.52. The first-order valence-electron chi connectivity index (χ1n) is 8.73. The number of methoxy groups -OCH3 is 1. The number of rotatable bonds is 9. The van der Waals surface area contributed by atoms with Crippen molar-refractivity contribution in [3.63, 3.8) is 0 Å². The molecule has 1 aliphatic rings. The number of aromatic nitrogens is 2. The third-order valence-corrected chi connectivity index (χ3v) is 7.97. The largest absolute Gasteiger partial charge is 0.374 e. The topological polar surface area (TPSA) is 174 Å². The zero-order valence-electron chi connectivity index (χ0n) is 16.1. The van der Waals surface area contributed by atoms with Gasteiger partial charge in [0.15, 0.2) is 21.6 Å². The highest BCUT2D eigenvalue weighted by atomic mass is 32.2. The first-order chi connectivity index (χ1) is 13.3. The predicted molar refractivity (Wildman–Crippen MR) is 101 cm³/mol. The summed E-state index contributed by atoms with van der Waals surface area (Å²) >= 11 is 0. The highest BCUT2D eigenvalue weighted by Crippen LogP contribution is 2.38. The van der Waals surface area contributed by atoms with Crippen LogP contribution in [0.25, 0.3) is 0 Å². The van der Waals surface area contributed by atoms with Gasteiger partial charge in [0.25, 0.3) is 5.56 Å². The Morgan fingerprint density at radius 2 is 1.97 bits per heavy atom. The molecule has 0 amide bonds. The maximum Gasteiger partial charge on any atom is 0.340 e. The fourth-order valence-electron chi connectivity index (χ4n) is 3.14. The molecule has 4 atom stereocenters. The fourth-order valence-corrected chi connectivity index (χ4v) is 6.30. The molecule has 1 aromatic heterocycles. The lowest BCUT2D eigenvalue weighted by Gasteiger charge is -2.25. The summed E-state index contributed by atoms with van der Waals surface area (Å²) in [5.41, 5.74) is -2.59. The first-order valence-corrected chi connectivity index (χ1v) is 12.3. The number of hydrogen-bond acceptors (Lipinski definition) is 8. The zero-order chi connectivity index (χ0) is 22.0. The minimum Gasteiger partial charge on any atom is -0.374 e. The van der Waals surface area contributed by atoms with E-state index in [1.54, 1.807) is 13.8 Å². The number of nitrogens with zero attached hydrogens (tertiary/aromatic N) is 1. The molecule has 14 heteroatoms. The van der Waals surface area contributed by atoms with Crippen LogP contribution in [0.2, 0.25) is 0 Å². The van der Waals surface area contributed by atoms with Crippen molar-refractivity contribution >= 4 is 17.4 Å². The number of nitrogens with one attached hydrogen (secondary N) is 1. The summed E-state index contributed by atoms with van der Waals surface area (Å²) in [6, 6.07) is 1.13. The van der Waals surface area contributed by atoms with E-state index in [-0.39, 0.29) is 12.5 Å². The number of sulfone groups is 1. The monoisotopic (exact) mass is 456 g/mol. The van der Waals surface area contributed by atoms with Crippen molar-refractivity contribution in [3.05, 3.63) is 33.1 Å². The van der Waals surface area contributed by atoms with Gasteiger partial charge in [-0.2, -0.15) is 0 Å². The quantitative estimate of drug-likeness (QED) is 0.398. The van der Waals surface area contributed by atoms with Gasteiger partial charge in [-0.05, 0) is 20.3 Å². The highest BCUT2D eigenvalue weighted by Gasteiger charge is 2.47. The molecule has 1 aromatic rings. The normalized spacial score (nSPS) is 25.6. The number of hydrogen-bond donors (Lipinski definition) is 3. The van der Waals surface area contributed by atoms with Gasteiger partial charge in [0, 0.05) is 19.4 Å². The van der Waals surface area contributed by atoms with Crippen molar-refractivity contribution in [2.75, 3.05) is 18.4 Å². The molecule has 166 valence electrons. The lowest BCUT2D eigenvalue weighted by Crippen LogP contribution is -2.40. The second-order valence-electron chi connectivity index (χ2n) is 6.96. The third-order valence-electron chi connectivity index (χ3n) is 4.19. The van der Waals surface area contributed by atoms with Gasteiger partial charge in [-0.15, -0.1) is 0 Å². The maximum atomic E-state index is 12.1. The van der Waals surface area contributed by atoms with E-state index in [1.165, 1.54) is 13.3 Å². The molecule has 1 fully saturated rings. The molecule has 12 nitrogen and oxygen atoms in total. The molecule has 0 unspecified atom stereocenters. The Labute approximate surface area is 166 Å². The molecule has 0 spiro atoms. The fraction of sp³-hybridized carbons (Fsp3) is 0.733. The molecule has 0 radical (unpaired) electrons. The van der Waals surface area contributed by atoms with E-state index in [9.17, 15) is 22.6 Å². The summed E-state index contributed by atoms with van der Waals surface area (Å²) < 4.78 is 53.3. The first kappa shape index (κ1) is 23.9. The third kappa shape index (κ3) is 6.57. The highest BCUT2D eigenvalue weighted by molar-refractivity contribution is 7.97. The van der Waals surface area contributed by atoms with Gasteiger partial charge in [-0.25, -0.2) is 13.2 Å². The van der Waals surface area contributed by atoms with Gasteiger partial charge >= 0.3 is 13.3 Å². The van der Waals surface area contributed by atoms with E-state index in [2.05, 4.69) is 4.98 Å². The minimum absolute atomic E-state index is 0.131. The second-order valence-corrected chi connectivity index (χ2v) is 11.2. The van der Waals surface area contributed by atoms with Crippen molar-refractivity contribution in [3.8, 4) is 0 Å². The van der Waals surface area contributed by atoms with Gasteiger partial charge < -0.3 is 24.0 Å². The SMILES string of the molecule is CO[C@@H]1[C@H](OC(C)C)[C@@H](CCS(=O)(=O)CP(=O)(O)O)O[C@H]1n1ccc(=O)[nH]c1=O. The van der Waals surface area contributed by atoms with Gasteiger partial charge in [0.1, 0.15) is 12.2 Å².